The topological polar surface area (TPSA) is 32.3 Å². The zero-order valence-electron chi connectivity index (χ0n) is 10.2. The molecule has 1 fully saturated rings. The predicted octanol–water partition coefficient (Wildman–Crippen LogP) is 2.07. The molecule has 0 spiro atoms. The molecule has 3 nitrogen and oxygen atoms in total. The van der Waals surface area contributed by atoms with E-state index in [1.807, 2.05) is 6.92 Å². The monoisotopic (exact) mass is 254 g/mol. The second-order valence-electron chi connectivity index (χ2n) is 4.31. The molecule has 1 aromatic rings. The second kappa shape index (κ2) is 5.44. The number of nitrogens with one attached hydrogen (secondary N) is 1. The fourth-order valence-electron chi connectivity index (χ4n) is 2.28. The van der Waals surface area contributed by atoms with Gasteiger partial charge in [-0.15, -0.1) is 0 Å². The molecule has 2 rings (SSSR count). The number of rotatable bonds is 3. The number of nitrogens with zero attached hydrogens (tertiary/aromatic N) is 1. The molecule has 0 aromatic heterocycles. The van der Waals surface area contributed by atoms with Crippen LogP contribution in [0.5, 0.6) is 0 Å². The molecule has 1 N–H and O–H groups in total. The minimum Gasteiger partial charge on any atom is -0.306 e. The zero-order valence-corrected chi connectivity index (χ0v) is 10.2. The Morgan fingerprint density at radius 1 is 1.39 bits per heavy atom. The van der Waals surface area contributed by atoms with Crippen molar-refractivity contribution in [2.45, 2.75) is 25.8 Å². The van der Waals surface area contributed by atoms with Gasteiger partial charge in [-0.25, -0.2) is 8.78 Å². The van der Waals surface area contributed by atoms with Gasteiger partial charge in [0.05, 0.1) is 6.04 Å². The highest BCUT2D eigenvalue weighted by atomic mass is 19.1. The molecular formula is C13H16F2N2O. The number of carbonyl (C=O) groups is 1. The van der Waals surface area contributed by atoms with Crippen LogP contribution in [0.4, 0.5) is 14.5 Å². The van der Waals surface area contributed by atoms with E-state index in [-0.39, 0.29) is 17.6 Å². The molecule has 1 heterocycles. The van der Waals surface area contributed by atoms with E-state index in [1.165, 1.54) is 23.1 Å². The summed E-state index contributed by atoms with van der Waals surface area (Å²) in [6.07, 6.45) is 1.44. The molecule has 98 valence electrons. The van der Waals surface area contributed by atoms with E-state index >= 15 is 0 Å². The molecule has 1 aromatic carbocycles. The van der Waals surface area contributed by atoms with E-state index in [2.05, 4.69) is 5.32 Å². The van der Waals surface area contributed by atoms with E-state index in [4.69, 9.17) is 0 Å². The first kappa shape index (κ1) is 13.0. The lowest BCUT2D eigenvalue weighted by Gasteiger charge is -2.32. The maximum atomic E-state index is 13.7. The third-order valence-corrected chi connectivity index (χ3v) is 3.10. The Morgan fingerprint density at radius 3 is 2.67 bits per heavy atom. The minimum absolute atomic E-state index is 0.231. The average molecular weight is 254 g/mol. The average Bonchev–Trinajstić information content (AvgIpc) is 2.33. The van der Waals surface area contributed by atoms with Crippen molar-refractivity contribution in [2.24, 2.45) is 0 Å². The molecule has 0 radical (unpaired) electrons. The fraction of sp³-hybridized carbons (Fsp3) is 0.462. The van der Waals surface area contributed by atoms with Crippen molar-refractivity contribution < 1.29 is 13.6 Å². The van der Waals surface area contributed by atoms with Crippen LogP contribution in [0.15, 0.2) is 18.2 Å². The number of halogens is 2. The maximum Gasteiger partial charge on any atom is 0.244 e. The number of hydrogen-bond acceptors (Lipinski definition) is 2. The van der Waals surface area contributed by atoms with Gasteiger partial charge in [0.1, 0.15) is 17.3 Å². The number of anilines is 1. The molecule has 0 bridgehead atoms. The van der Waals surface area contributed by atoms with Crippen LogP contribution in [0.3, 0.4) is 0 Å². The molecule has 0 saturated carbocycles. The van der Waals surface area contributed by atoms with E-state index in [9.17, 15) is 13.6 Å². The molecule has 1 amide bonds. The molecule has 18 heavy (non-hydrogen) atoms. The largest absolute Gasteiger partial charge is 0.306 e. The Hall–Kier alpha value is -1.49. The number of para-hydroxylation sites is 1. The first-order chi connectivity index (χ1) is 8.65. The summed E-state index contributed by atoms with van der Waals surface area (Å²) >= 11 is 0. The van der Waals surface area contributed by atoms with Crippen LogP contribution in [0.1, 0.15) is 19.8 Å². The van der Waals surface area contributed by atoms with Gasteiger partial charge in [0, 0.05) is 6.54 Å². The van der Waals surface area contributed by atoms with Gasteiger partial charge in [-0.05, 0) is 31.5 Å². The van der Waals surface area contributed by atoms with E-state index in [0.29, 0.717) is 19.5 Å². The summed E-state index contributed by atoms with van der Waals surface area (Å²) in [6.45, 7) is 2.92. The van der Waals surface area contributed by atoms with Crippen molar-refractivity contribution in [3.63, 3.8) is 0 Å². The van der Waals surface area contributed by atoms with Crippen molar-refractivity contribution >= 4 is 11.6 Å². The number of piperidine rings is 1. The quantitative estimate of drug-likeness (QED) is 0.895. The number of hydrogen-bond donors (Lipinski definition) is 1. The Bertz CT molecular complexity index is 428. The number of benzene rings is 1. The van der Waals surface area contributed by atoms with Gasteiger partial charge in [-0.1, -0.05) is 13.0 Å². The van der Waals surface area contributed by atoms with Crippen LogP contribution in [-0.2, 0) is 4.79 Å². The lowest BCUT2D eigenvalue weighted by molar-refractivity contribution is -0.121. The van der Waals surface area contributed by atoms with Crippen LogP contribution in [0, 0.1) is 11.6 Å². The SMILES string of the molecule is CCNC1CCCN(c2c(F)cccc2F)C1=O. The predicted molar refractivity (Wildman–Crippen MR) is 65.4 cm³/mol. The first-order valence-corrected chi connectivity index (χ1v) is 6.14. The number of amides is 1. The van der Waals surface area contributed by atoms with Gasteiger partial charge >= 0.3 is 0 Å². The normalized spacial score (nSPS) is 20.3. The van der Waals surface area contributed by atoms with Gasteiger partial charge in [0.15, 0.2) is 0 Å². The minimum atomic E-state index is -0.694. The van der Waals surface area contributed by atoms with Crippen LogP contribution in [0.25, 0.3) is 0 Å². The van der Waals surface area contributed by atoms with Gasteiger partial charge in [0.25, 0.3) is 0 Å². The standard InChI is InChI=1S/C13H16F2N2O/c1-2-16-11-7-4-8-17(13(11)18)12-9(14)5-3-6-10(12)15/h3,5-6,11,16H,2,4,7-8H2,1H3. The Balaban J connectivity index is 2.29. The van der Waals surface area contributed by atoms with Crippen LogP contribution in [-0.4, -0.2) is 25.0 Å². The zero-order chi connectivity index (χ0) is 13.1. The van der Waals surface area contributed by atoms with Crippen molar-refractivity contribution in [1.29, 1.82) is 0 Å². The van der Waals surface area contributed by atoms with Gasteiger partial charge < -0.3 is 10.2 Å². The summed E-state index contributed by atoms with van der Waals surface area (Å²) in [5, 5.41) is 3.04. The third kappa shape index (κ3) is 2.36. The van der Waals surface area contributed by atoms with Crippen molar-refractivity contribution in [3.05, 3.63) is 29.8 Å². The third-order valence-electron chi connectivity index (χ3n) is 3.10. The molecule has 1 saturated heterocycles. The van der Waals surface area contributed by atoms with Crippen molar-refractivity contribution in [3.8, 4) is 0 Å². The first-order valence-electron chi connectivity index (χ1n) is 6.14. The highest BCUT2D eigenvalue weighted by molar-refractivity contribution is 5.98. The highest BCUT2D eigenvalue weighted by Gasteiger charge is 2.31. The van der Waals surface area contributed by atoms with Crippen molar-refractivity contribution in [1.82, 2.24) is 5.32 Å². The Kier molecular flexibility index (Phi) is 3.91. The van der Waals surface area contributed by atoms with Crippen LogP contribution >= 0.6 is 0 Å². The smallest absolute Gasteiger partial charge is 0.244 e. The molecule has 1 unspecified atom stereocenters. The summed E-state index contributed by atoms with van der Waals surface area (Å²) in [4.78, 5) is 13.4. The summed E-state index contributed by atoms with van der Waals surface area (Å²) in [7, 11) is 0. The summed E-state index contributed by atoms with van der Waals surface area (Å²) in [5.41, 5.74) is -0.231. The highest BCUT2D eigenvalue weighted by Crippen LogP contribution is 2.26. The summed E-state index contributed by atoms with van der Waals surface area (Å²) < 4.78 is 27.3. The summed E-state index contributed by atoms with van der Waals surface area (Å²) in [5.74, 6) is -1.65. The lowest BCUT2D eigenvalue weighted by atomic mass is 10.0. The van der Waals surface area contributed by atoms with E-state index in [0.717, 1.165) is 6.42 Å². The molecule has 0 aliphatic carbocycles. The van der Waals surface area contributed by atoms with E-state index < -0.39 is 11.6 Å². The molecule has 5 heteroatoms. The van der Waals surface area contributed by atoms with Gasteiger partial charge in [-0.3, -0.25) is 4.79 Å². The lowest BCUT2D eigenvalue weighted by Crippen LogP contribution is -2.51. The molecule has 1 aliphatic rings. The fourth-order valence-corrected chi connectivity index (χ4v) is 2.28. The van der Waals surface area contributed by atoms with Crippen LogP contribution < -0.4 is 10.2 Å². The maximum absolute atomic E-state index is 13.7. The Morgan fingerprint density at radius 2 is 2.06 bits per heavy atom. The summed E-state index contributed by atoms with van der Waals surface area (Å²) in [6, 6.07) is 3.29. The molecule has 1 atom stereocenters. The van der Waals surface area contributed by atoms with Crippen LogP contribution in [0.2, 0.25) is 0 Å². The Labute approximate surface area is 105 Å². The number of carbonyl (C=O) groups excluding carboxylic acids is 1. The van der Waals surface area contributed by atoms with Gasteiger partial charge in [0.2, 0.25) is 5.91 Å². The van der Waals surface area contributed by atoms with Gasteiger partial charge in [-0.2, -0.15) is 0 Å². The number of likely N-dealkylation sites (N-methyl/N-ethyl adjacent to an activating group) is 1. The molecular weight excluding hydrogens is 238 g/mol. The van der Waals surface area contributed by atoms with E-state index in [1.54, 1.807) is 0 Å². The molecule has 1 aliphatic heterocycles. The van der Waals surface area contributed by atoms with Crippen molar-refractivity contribution in [2.75, 3.05) is 18.0 Å². The second-order valence-corrected chi connectivity index (χ2v) is 4.31.